The Hall–Kier alpha value is -0.521. The molecule has 0 aliphatic carbocycles. The van der Waals surface area contributed by atoms with Gasteiger partial charge < -0.3 is 0 Å². The molecule has 0 spiro atoms. The summed E-state index contributed by atoms with van der Waals surface area (Å²) in [5.41, 5.74) is 2.60. The van der Waals surface area contributed by atoms with E-state index < -0.39 is 0 Å². The molecule has 0 N–H and O–H groups in total. The second kappa shape index (κ2) is 7.16. The number of hydrogen-bond donors (Lipinski definition) is 0. The second-order valence-electron chi connectivity index (χ2n) is 4.25. The van der Waals surface area contributed by atoms with Gasteiger partial charge in [0.15, 0.2) is 0 Å². The molecule has 2 heteroatoms. The van der Waals surface area contributed by atoms with Crippen LogP contribution in [0.15, 0.2) is 48.5 Å². The average molecular weight is 367 g/mol. The summed E-state index contributed by atoms with van der Waals surface area (Å²) in [5.74, 6) is 0. The Labute approximate surface area is 124 Å². The Morgan fingerprint density at radius 3 is 2.00 bits per heavy atom. The molecule has 0 saturated heterocycles. The Kier molecular flexibility index (Phi) is 5.53. The maximum atomic E-state index is 3.02. The van der Waals surface area contributed by atoms with E-state index in [2.05, 4.69) is 71.5 Å². The molecule has 0 aromatic heterocycles. The van der Waals surface area contributed by atoms with Gasteiger partial charge in [0.05, 0.1) is 0 Å². The molecule has 0 amide bonds. The first-order chi connectivity index (χ1) is 8.79. The Bertz CT molecular complexity index is 471. The van der Waals surface area contributed by atoms with Crippen molar-refractivity contribution in [1.82, 2.24) is 0 Å². The Balaban J connectivity index is 2.05. The molecule has 0 aliphatic heterocycles. The van der Waals surface area contributed by atoms with Crippen molar-refractivity contribution in [2.24, 2.45) is 0 Å². The van der Waals surface area contributed by atoms with E-state index in [0.29, 0.717) is 15.0 Å². The molecule has 0 radical (unpaired) electrons. The summed E-state index contributed by atoms with van der Waals surface area (Å²) in [5, 5.41) is 1.36. The molecule has 0 nitrogen and oxygen atoms in total. The average Bonchev–Trinajstić information content (AvgIpc) is 2.41. The van der Waals surface area contributed by atoms with E-state index in [1.165, 1.54) is 38.2 Å². The molecule has 94 valence electrons. The van der Waals surface area contributed by atoms with E-state index in [1.54, 1.807) is 0 Å². The summed E-state index contributed by atoms with van der Waals surface area (Å²) in [6.45, 7) is 2.26. The minimum absolute atomic E-state index is 0.650. The third-order valence-corrected chi connectivity index (χ3v) is 5.68. The van der Waals surface area contributed by atoms with Crippen molar-refractivity contribution in [3.63, 3.8) is 0 Å². The van der Waals surface area contributed by atoms with Crippen LogP contribution in [0.3, 0.4) is 0 Å². The topological polar surface area (TPSA) is 0 Å². The zero-order chi connectivity index (χ0) is 12.8. The number of benzene rings is 2. The summed E-state index contributed by atoms with van der Waals surface area (Å²) >= 11 is 3.67. The molecule has 0 fully saturated rings. The van der Waals surface area contributed by atoms with Crippen molar-refractivity contribution >= 4 is 39.9 Å². The van der Waals surface area contributed by atoms with Crippen LogP contribution >= 0.6 is 0 Å². The predicted octanol–water partition coefficient (Wildman–Crippen LogP) is 2.70. The molecule has 0 bridgehead atoms. The Morgan fingerprint density at radius 2 is 1.44 bits per heavy atom. The first-order valence-corrected chi connectivity index (χ1v) is 9.22. The van der Waals surface area contributed by atoms with Gasteiger partial charge in [-0.15, -0.1) is 0 Å². The molecular weight excluding hydrogens is 350 g/mol. The number of hydrogen-bond acceptors (Lipinski definition) is 0. The molecular formula is C16H17Se2-. The summed E-state index contributed by atoms with van der Waals surface area (Å²) in [6.07, 6.45) is 2.66. The van der Waals surface area contributed by atoms with Gasteiger partial charge in [0.2, 0.25) is 0 Å². The van der Waals surface area contributed by atoms with Crippen LogP contribution in [0.4, 0.5) is 0 Å². The standard InChI is InChI=1S/C16H18Se2/c1-2-3-12-18-16-10-6-14(7-11-16)13-4-8-15(17)9-5-13/h4-11,17H,2-3,12H2,1H3/p-1. The predicted molar refractivity (Wildman–Crippen MR) is 82.4 cm³/mol. The van der Waals surface area contributed by atoms with Gasteiger partial charge in [-0.1, -0.05) is 0 Å². The van der Waals surface area contributed by atoms with Gasteiger partial charge >= 0.3 is 125 Å². The van der Waals surface area contributed by atoms with E-state index >= 15 is 0 Å². The summed E-state index contributed by atoms with van der Waals surface area (Å²) < 4.78 is 2.71. The molecule has 0 aliphatic rings. The van der Waals surface area contributed by atoms with Gasteiger partial charge in [-0.05, 0) is 0 Å². The van der Waals surface area contributed by atoms with Crippen molar-refractivity contribution in [2.45, 2.75) is 25.1 Å². The van der Waals surface area contributed by atoms with Crippen molar-refractivity contribution in [3.8, 4) is 11.1 Å². The summed E-state index contributed by atoms with van der Waals surface area (Å²) in [7, 11) is 0. The minimum atomic E-state index is 0.650. The van der Waals surface area contributed by atoms with Crippen molar-refractivity contribution in [3.05, 3.63) is 48.5 Å². The van der Waals surface area contributed by atoms with Gasteiger partial charge in [0.25, 0.3) is 0 Å². The van der Waals surface area contributed by atoms with E-state index in [1.807, 2.05) is 0 Å². The van der Waals surface area contributed by atoms with Crippen molar-refractivity contribution in [1.29, 1.82) is 0 Å². The fraction of sp³-hybridized carbons (Fsp3) is 0.250. The molecule has 18 heavy (non-hydrogen) atoms. The van der Waals surface area contributed by atoms with Gasteiger partial charge in [-0.3, -0.25) is 0 Å². The van der Waals surface area contributed by atoms with Crippen molar-refractivity contribution in [2.75, 3.05) is 0 Å². The zero-order valence-corrected chi connectivity index (χ0v) is 14.0. The van der Waals surface area contributed by atoms with E-state index in [9.17, 15) is 0 Å². The summed E-state index contributed by atoms with van der Waals surface area (Å²) in [6, 6.07) is 17.7. The first-order valence-electron chi connectivity index (χ1n) is 6.30. The van der Waals surface area contributed by atoms with Crippen LogP contribution < -0.4 is 8.92 Å². The number of unbranched alkanes of at least 4 members (excludes halogenated alkanes) is 1. The quantitative estimate of drug-likeness (QED) is 0.563. The third-order valence-electron chi connectivity index (χ3n) is 2.81. The SMILES string of the molecule is CCCC[Se]c1ccc(-c2ccc([Se-])cc2)cc1. The third kappa shape index (κ3) is 4.00. The van der Waals surface area contributed by atoms with Crippen LogP contribution in [-0.4, -0.2) is 31.0 Å². The van der Waals surface area contributed by atoms with Crippen LogP contribution in [-0.2, 0) is 0 Å². The normalized spacial score (nSPS) is 10.5. The van der Waals surface area contributed by atoms with E-state index in [0.717, 1.165) is 0 Å². The summed E-state index contributed by atoms with van der Waals surface area (Å²) in [4.78, 5) is 0. The zero-order valence-electron chi connectivity index (χ0n) is 10.6. The molecule has 0 atom stereocenters. The van der Waals surface area contributed by atoms with Crippen LogP contribution in [0, 0.1) is 0 Å². The van der Waals surface area contributed by atoms with Gasteiger partial charge in [-0.2, -0.15) is 0 Å². The van der Waals surface area contributed by atoms with Gasteiger partial charge in [0.1, 0.15) is 0 Å². The van der Waals surface area contributed by atoms with Gasteiger partial charge in [0, 0.05) is 0 Å². The van der Waals surface area contributed by atoms with E-state index in [-0.39, 0.29) is 0 Å². The van der Waals surface area contributed by atoms with Crippen LogP contribution in [0.5, 0.6) is 0 Å². The maximum absolute atomic E-state index is 3.02. The van der Waals surface area contributed by atoms with Crippen LogP contribution in [0.2, 0.25) is 5.32 Å². The molecule has 0 heterocycles. The van der Waals surface area contributed by atoms with Gasteiger partial charge in [-0.25, -0.2) is 0 Å². The monoisotopic (exact) mass is 369 g/mol. The van der Waals surface area contributed by atoms with Crippen molar-refractivity contribution < 1.29 is 0 Å². The second-order valence-corrected chi connectivity index (χ2v) is 7.69. The molecule has 0 unspecified atom stereocenters. The molecule has 0 saturated carbocycles. The molecule has 2 rings (SSSR count). The fourth-order valence-corrected chi connectivity index (χ4v) is 4.10. The molecule has 2 aromatic rings. The van der Waals surface area contributed by atoms with Crippen LogP contribution in [0.1, 0.15) is 19.8 Å². The van der Waals surface area contributed by atoms with E-state index in [4.69, 9.17) is 0 Å². The molecule has 2 aromatic carbocycles. The Morgan fingerprint density at radius 1 is 0.889 bits per heavy atom. The fourth-order valence-electron chi connectivity index (χ4n) is 1.73. The first kappa shape index (κ1) is 13.9. The van der Waals surface area contributed by atoms with Crippen LogP contribution in [0.25, 0.3) is 11.1 Å². The number of rotatable bonds is 5.